The van der Waals surface area contributed by atoms with Crippen LogP contribution in [0.4, 0.5) is 0 Å². The number of nitrogens with one attached hydrogen (secondary N) is 1. The predicted octanol–water partition coefficient (Wildman–Crippen LogP) is 2.19. The molecular formula is C13H20N2O. The molecule has 1 aliphatic rings. The van der Waals surface area contributed by atoms with E-state index in [1.165, 1.54) is 18.4 Å². The van der Waals surface area contributed by atoms with Gasteiger partial charge in [0, 0.05) is 12.3 Å². The summed E-state index contributed by atoms with van der Waals surface area (Å²) in [6.45, 7) is 4.51. The van der Waals surface area contributed by atoms with Gasteiger partial charge in [-0.05, 0) is 43.0 Å². The summed E-state index contributed by atoms with van der Waals surface area (Å²) < 4.78 is 5.19. The standard InChI is InChI=1S/C13H20N2O/c1-3-10-9-14-6-5-12(10)11-4-7-15-13(8-11)16-2/h4,7-8,10,12,14H,3,5-6,9H2,1-2H3. The second-order valence-corrected chi connectivity index (χ2v) is 4.40. The van der Waals surface area contributed by atoms with Gasteiger partial charge in [0.1, 0.15) is 0 Å². The van der Waals surface area contributed by atoms with Crippen LogP contribution in [-0.2, 0) is 0 Å². The Morgan fingerprint density at radius 1 is 1.56 bits per heavy atom. The third-order valence-corrected chi connectivity index (χ3v) is 3.53. The zero-order chi connectivity index (χ0) is 11.4. The van der Waals surface area contributed by atoms with E-state index in [1.54, 1.807) is 7.11 Å². The average Bonchev–Trinajstić information content (AvgIpc) is 2.38. The van der Waals surface area contributed by atoms with Gasteiger partial charge < -0.3 is 10.1 Å². The largest absolute Gasteiger partial charge is 0.481 e. The van der Waals surface area contributed by atoms with Crippen LogP contribution < -0.4 is 10.1 Å². The number of ether oxygens (including phenoxy) is 1. The molecule has 2 atom stereocenters. The molecule has 1 aliphatic heterocycles. The van der Waals surface area contributed by atoms with Crippen molar-refractivity contribution in [2.75, 3.05) is 20.2 Å². The highest BCUT2D eigenvalue weighted by Gasteiger charge is 2.25. The Morgan fingerprint density at radius 2 is 2.44 bits per heavy atom. The number of pyridine rings is 1. The van der Waals surface area contributed by atoms with Crippen LogP contribution in [0.5, 0.6) is 5.88 Å². The van der Waals surface area contributed by atoms with E-state index in [1.807, 2.05) is 6.20 Å². The second kappa shape index (κ2) is 5.30. The summed E-state index contributed by atoms with van der Waals surface area (Å²) >= 11 is 0. The third kappa shape index (κ3) is 2.35. The van der Waals surface area contributed by atoms with E-state index < -0.39 is 0 Å². The molecule has 2 unspecified atom stereocenters. The highest BCUT2D eigenvalue weighted by Crippen LogP contribution is 2.32. The maximum absolute atomic E-state index is 5.19. The van der Waals surface area contributed by atoms with E-state index in [4.69, 9.17) is 4.74 Å². The first-order valence-electron chi connectivity index (χ1n) is 6.05. The lowest BCUT2D eigenvalue weighted by Crippen LogP contribution is -2.35. The van der Waals surface area contributed by atoms with Gasteiger partial charge >= 0.3 is 0 Å². The van der Waals surface area contributed by atoms with Crippen molar-refractivity contribution in [2.24, 2.45) is 5.92 Å². The van der Waals surface area contributed by atoms with Gasteiger partial charge in [-0.1, -0.05) is 13.3 Å². The summed E-state index contributed by atoms with van der Waals surface area (Å²) in [5.41, 5.74) is 1.38. The summed E-state index contributed by atoms with van der Waals surface area (Å²) in [6, 6.07) is 4.21. The van der Waals surface area contributed by atoms with Crippen LogP contribution in [-0.4, -0.2) is 25.2 Å². The molecule has 0 aromatic carbocycles. The molecule has 1 saturated heterocycles. The molecule has 1 aromatic heterocycles. The van der Waals surface area contributed by atoms with Crippen LogP contribution in [0.2, 0.25) is 0 Å². The fraction of sp³-hybridized carbons (Fsp3) is 0.615. The lowest BCUT2D eigenvalue weighted by atomic mass is 9.80. The fourth-order valence-electron chi connectivity index (χ4n) is 2.56. The average molecular weight is 220 g/mol. The summed E-state index contributed by atoms with van der Waals surface area (Å²) in [7, 11) is 1.67. The van der Waals surface area contributed by atoms with E-state index in [-0.39, 0.29) is 0 Å². The van der Waals surface area contributed by atoms with Crippen molar-refractivity contribution < 1.29 is 4.74 Å². The first-order valence-corrected chi connectivity index (χ1v) is 6.05. The highest BCUT2D eigenvalue weighted by molar-refractivity contribution is 5.25. The van der Waals surface area contributed by atoms with Gasteiger partial charge in [0.05, 0.1) is 7.11 Å². The smallest absolute Gasteiger partial charge is 0.213 e. The van der Waals surface area contributed by atoms with Gasteiger partial charge in [-0.3, -0.25) is 0 Å². The maximum atomic E-state index is 5.19. The molecule has 1 fully saturated rings. The Labute approximate surface area is 97.2 Å². The molecule has 1 aromatic rings. The van der Waals surface area contributed by atoms with Crippen LogP contribution in [0, 0.1) is 5.92 Å². The van der Waals surface area contributed by atoms with Crippen LogP contribution >= 0.6 is 0 Å². The first-order chi connectivity index (χ1) is 7.85. The quantitative estimate of drug-likeness (QED) is 0.848. The molecular weight excluding hydrogens is 200 g/mol. The molecule has 2 rings (SSSR count). The molecule has 3 heteroatoms. The van der Waals surface area contributed by atoms with Gasteiger partial charge in [-0.2, -0.15) is 0 Å². The number of hydrogen-bond acceptors (Lipinski definition) is 3. The monoisotopic (exact) mass is 220 g/mol. The number of piperidine rings is 1. The van der Waals surface area contributed by atoms with Crippen molar-refractivity contribution in [1.29, 1.82) is 0 Å². The number of hydrogen-bond donors (Lipinski definition) is 1. The second-order valence-electron chi connectivity index (χ2n) is 4.40. The molecule has 88 valence electrons. The van der Waals surface area contributed by atoms with Gasteiger partial charge in [0.2, 0.25) is 5.88 Å². The Balaban J connectivity index is 2.20. The van der Waals surface area contributed by atoms with E-state index in [0.29, 0.717) is 5.92 Å². The van der Waals surface area contributed by atoms with Crippen molar-refractivity contribution in [3.63, 3.8) is 0 Å². The minimum Gasteiger partial charge on any atom is -0.481 e. The van der Waals surface area contributed by atoms with E-state index >= 15 is 0 Å². The predicted molar refractivity (Wildman–Crippen MR) is 64.8 cm³/mol. The van der Waals surface area contributed by atoms with Crippen molar-refractivity contribution in [2.45, 2.75) is 25.7 Å². The first kappa shape index (κ1) is 11.4. The van der Waals surface area contributed by atoms with Crippen LogP contribution in [0.1, 0.15) is 31.2 Å². The number of methoxy groups -OCH3 is 1. The van der Waals surface area contributed by atoms with Gasteiger partial charge in [-0.15, -0.1) is 0 Å². The van der Waals surface area contributed by atoms with Gasteiger partial charge in [0.15, 0.2) is 0 Å². The summed E-state index contributed by atoms with van der Waals surface area (Å²) in [6.07, 6.45) is 4.29. The summed E-state index contributed by atoms with van der Waals surface area (Å²) in [4.78, 5) is 4.17. The number of rotatable bonds is 3. The van der Waals surface area contributed by atoms with Crippen LogP contribution in [0.25, 0.3) is 0 Å². The maximum Gasteiger partial charge on any atom is 0.213 e. The van der Waals surface area contributed by atoms with Gasteiger partial charge in [0.25, 0.3) is 0 Å². The third-order valence-electron chi connectivity index (χ3n) is 3.53. The van der Waals surface area contributed by atoms with E-state index in [9.17, 15) is 0 Å². The lowest BCUT2D eigenvalue weighted by Gasteiger charge is -2.31. The SMILES string of the molecule is CCC1CNCCC1c1ccnc(OC)c1. The van der Waals surface area contributed by atoms with Crippen molar-refractivity contribution in [3.8, 4) is 5.88 Å². The van der Waals surface area contributed by atoms with Crippen LogP contribution in [0.15, 0.2) is 18.3 Å². The molecule has 16 heavy (non-hydrogen) atoms. The minimum atomic E-state index is 0.656. The molecule has 0 aliphatic carbocycles. The van der Waals surface area contributed by atoms with Crippen molar-refractivity contribution >= 4 is 0 Å². The number of aromatic nitrogens is 1. The zero-order valence-corrected chi connectivity index (χ0v) is 10.1. The number of nitrogens with zero attached hydrogens (tertiary/aromatic N) is 1. The lowest BCUT2D eigenvalue weighted by molar-refractivity contribution is 0.316. The van der Waals surface area contributed by atoms with Gasteiger partial charge in [-0.25, -0.2) is 4.98 Å². The molecule has 0 saturated carbocycles. The molecule has 0 bridgehead atoms. The normalized spacial score (nSPS) is 25.4. The zero-order valence-electron chi connectivity index (χ0n) is 10.1. The molecule has 3 nitrogen and oxygen atoms in total. The summed E-state index contributed by atoms with van der Waals surface area (Å²) in [5, 5.41) is 3.47. The molecule has 2 heterocycles. The Kier molecular flexibility index (Phi) is 3.78. The minimum absolute atomic E-state index is 0.656. The molecule has 0 radical (unpaired) electrons. The fourth-order valence-corrected chi connectivity index (χ4v) is 2.56. The van der Waals surface area contributed by atoms with Crippen LogP contribution in [0.3, 0.4) is 0 Å². The molecule has 0 spiro atoms. The summed E-state index contributed by atoms with van der Waals surface area (Å²) in [5.74, 6) is 2.12. The van der Waals surface area contributed by atoms with E-state index in [2.05, 4.69) is 29.4 Å². The topological polar surface area (TPSA) is 34.2 Å². The van der Waals surface area contributed by atoms with Crippen molar-refractivity contribution in [3.05, 3.63) is 23.9 Å². The molecule has 1 N–H and O–H groups in total. The highest BCUT2D eigenvalue weighted by atomic mass is 16.5. The molecule has 0 amide bonds. The Bertz CT molecular complexity index is 340. The van der Waals surface area contributed by atoms with Crippen molar-refractivity contribution in [1.82, 2.24) is 10.3 Å². The van der Waals surface area contributed by atoms with E-state index in [0.717, 1.165) is 24.9 Å². The Morgan fingerprint density at radius 3 is 3.19 bits per heavy atom. The Hall–Kier alpha value is -1.09.